The zero-order valence-corrected chi connectivity index (χ0v) is 22.5. The van der Waals surface area contributed by atoms with Crippen LogP contribution < -0.4 is 20.4 Å². The fourth-order valence-corrected chi connectivity index (χ4v) is 4.14. The van der Waals surface area contributed by atoms with Crippen LogP contribution in [0, 0.1) is 12.8 Å². The third-order valence-corrected chi connectivity index (χ3v) is 6.22. The van der Waals surface area contributed by atoms with Crippen molar-refractivity contribution in [3.63, 3.8) is 0 Å². The second-order valence-electron chi connectivity index (χ2n) is 9.59. The summed E-state index contributed by atoms with van der Waals surface area (Å²) in [6.45, 7) is 5.79. The summed E-state index contributed by atoms with van der Waals surface area (Å²) in [7, 11) is 8.17. The Hall–Kier alpha value is -3.38. The van der Waals surface area contributed by atoms with Gasteiger partial charge >= 0.3 is 0 Å². The Morgan fingerprint density at radius 2 is 1.29 bits per heavy atom. The highest BCUT2D eigenvalue weighted by Gasteiger charge is 2.22. The molecular weight excluding hydrogens is 452 g/mol. The number of nitrogens with one attached hydrogen (secondary N) is 2. The van der Waals surface area contributed by atoms with Crippen LogP contribution in [0.4, 0.5) is 17.1 Å². The van der Waals surface area contributed by atoms with Crippen molar-refractivity contribution >= 4 is 40.3 Å². The van der Waals surface area contributed by atoms with E-state index in [1.54, 1.807) is 0 Å². The predicted octanol–water partition coefficient (Wildman–Crippen LogP) is 5.78. The van der Waals surface area contributed by atoms with Gasteiger partial charge in [-0.2, -0.15) is 0 Å². The third-order valence-electron chi connectivity index (χ3n) is 6.01. The molecule has 35 heavy (non-hydrogen) atoms. The summed E-state index contributed by atoms with van der Waals surface area (Å²) in [5.74, 6) is -0.273. The van der Waals surface area contributed by atoms with Gasteiger partial charge in [0.2, 0.25) is 5.91 Å². The molecule has 0 aromatic heterocycles. The van der Waals surface area contributed by atoms with Gasteiger partial charge in [0, 0.05) is 57.1 Å². The lowest BCUT2D eigenvalue weighted by Gasteiger charge is -2.25. The van der Waals surface area contributed by atoms with Gasteiger partial charge in [-0.3, -0.25) is 4.79 Å². The molecule has 1 amide bonds. The van der Waals surface area contributed by atoms with E-state index in [9.17, 15) is 4.79 Å². The van der Waals surface area contributed by atoms with Crippen molar-refractivity contribution in [1.82, 2.24) is 5.32 Å². The summed E-state index contributed by atoms with van der Waals surface area (Å²) < 4.78 is 0. The van der Waals surface area contributed by atoms with Gasteiger partial charge in [0.1, 0.15) is 0 Å². The number of carbonyl (C=O) groups is 1. The molecule has 3 aromatic carbocycles. The number of benzene rings is 3. The maximum atomic E-state index is 12.2. The predicted molar refractivity (Wildman–Crippen MR) is 153 cm³/mol. The van der Waals surface area contributed by atoms with Crippen LogP contribution in [0.5, 0.6) is 0 Å². The topological polar surface area (TPSA) is 47.6 Å². The molecule has 0 bridgehead atoms. The zero-order valence-electron chi connectivity index (χ0n) is 21.7. The van der Waals surface area contributed by atoms with E-state index >= 15 is 0 Å². The number of anilines is 3. The molecule has 2 N–H and O–H groups in total. The van der Waals surface area contributed by atoms with Gasteiger partial charge in [0.25, 0.3) is 0 Å². The summed E-state index contributed by atoms with van der Waals surface area (Å²) in [6.07, 6.45) is 0. The molecule has 0 saturated heterocycles. The average molecular weight is 489 g/mol. The molecule has 0 unspecified atom stereocenters. The Labute approximate surface area is 215 Å². The summed E-state index contributed by atoms with van der Waals surface area (Å²) in [4.78, 5) is 16.4. The first-order valence-corrected chi connectivity index (χ1v) is 12.2. The Balaban J connectivity index is 2.09. The molecule has 0 aliphatic heterocycles. The Morgan fingerprint density at radius 1 is 0.800 bits per heavy atom. The minimum atomic E-state index is -0.148. The first-order chi connectivity index (χ1) is 16.6. The number of hydrogen-bond acceptors (Lipinski definition) is 4. The smallest absolute Gasteiger partial charge is 0.228 e. The molecule has 0 radical (unpaired) electrons. The third kappa shape index (κ3) is 6.61. The van der Waals surface area contributed by atoms with Gasteiger partial charge in [-0.15, -0.1) is 0 Å². The standard InChI is InChI=1S/C29H36N4OS/c1-19(2)28(34)31-29(35)30-26-17-8-20(3)18-25(26)27(21-9-13-23(14-10-21)32(4)5)22-11-15-24(16-12-22)33(6)7/h8-19,27H,1-7H3,(H2,30,31,34,35). The molecule has 184 valence electrons. The van der Waals surface area contributed by atoms with E-state index in [0.29, 0.717) is 5.11 Å². The van der Waals surface area contributed by atoms with Crippen molar-refractivity contribution in [2.45, 2.75) is 26.7 Å². The fraction of sp³-hybridized carbons (Fsp3) is 0.310. The summed E-state index contributed by atoms with van der Waals surface area (Å²) in [6, 6.07) is 23.6. The molecule has 3 aromatic rings. The number of amides is 1. The molecule has 6 heteroatoms. The lowest BCUT2D eigenvalue weighted by Crippen LogP contribution is -2.37. The van der Waals surface area contributed by atoms with Gasteiger partial charge in [0.05, 0.1) is 0 Å². The SMILES string of the molecule is Cc1ccc(NC(=S)NC(=O)C(C)C)c(C(c2ccc(N(C)C)cc2)c2ccc(N(C)C)cc2)c1. The lowest BCUT2D eigenvalue weighted by molar-refractivity contribution is -0.122. The van der Waals surface area contributed by atoms with Crippen molar-refractivity contribution in [2.75, 3.05) is 43.3 Å². The van der Waals surface area contributed by atoms with Crippen molar-refractivity contribution in [3.05, 3.63) is 89.0 Å². The van der Waals surface area contributed by atoms with Gasteiger partial charge in [0.15, 0.2) is 5.11 Å². The number of nitrogens with zero attached hydrogens (tertiary/aromatic N) is 2. The van der Waals surface area contributed by atoms with Crippen molar-refractivity contribution in [1.29, 1.82) is 0 Å². The van der Waals surface area contributed by atoms with Crippen molar-refractivity contribution in [3.8, 4) is 0 Å². The van der Waals surface area contributed by atoms with Gasteiger partial charge < -0.3 is 20.4 Å². The average Bonchev–Trinajstić information content (AvgIpc) is 2.81. The summed E-state index contributed by atoms with van der Waals surface area (Å²) >= 11 is 5.48. The number of carbonyl (C=O) groups excluding carboxylic acids is 1. The van der Waals surface area contributed by atoms with E-state index in [-0.39, 0.29) is 17.7 Å². The summed E-state index contributed by atoms with van der Waals surface area (Å²) in [5.41, 5.74) is 7.79. The van der Waals surface area contributed by atoms with E-state index < -0.39 is 0 Å². The lowest BCUT2D eigenvalue weighted by atomic mass is 9.83. The maximum absolute atomic E-state index is 12.2. The minimum absolute atomic E-state index is 0.0200. The Kier molecular flexibility index (Phi) is 8.52. The zero-order chi connectivity index (χ0) is 25.7. The molecular formula is C29H36N4OS. The quantitative estimate of drug-likeness (QED) is 0.326. The number of aryl methyl sites for hydroxylation is 1. The highest BCUT2D eigenvalue weighted by Crippen LogP contribution is 2.38. The van der Waals surface area contributed by atoms with Crippen LogP contribution in [0.2, 0.25) is 0 Å². The molecule has 3 rings (SSSR count). The fourth-order valence-electron chi connectivity index (χ4n) is 3.93. The van der Waals surface area contributed by atoms with E-state index in [1.165, 1.54) is 11.1 Å². The van der Waals surface area contributed by atoms with E-state index in [0.717, 1.165) is 28.2 Å². The van der Waals surface area contributed by atoms with E-state index in [1.807, 2.05) is 48.1 Å². The highest BCUT2D eigenvalue weighted by atomic mass is 32.1. The molecule has 0 atom stereocenters. The molecule has 0 aliphatic carbocycles. The van der Waals surface area contributed by atoms with Gasteiger partial charge in [-0.05, 0) is 66.2 Å². The van der Waals surface area contributed by atoms with E-state index in [2.05, 4.69) is 88.0 Å². The molecule has 0 fully saturated rings. The largest absolute Gasteiger partial charge is 0.378 e. The minimum Gasteiger partial charge on any atom is -0.378 e. The normalized spacial score (nSPS) is 10.9. The van der Waals surface area contributed by atoms with Crippen molar-refractivity contribution in [2.24, 2.45) is 5.92 Å². The highest BCUT2D eigenvalue weighted by molar-refractivity contribution is 7.80. The van der Waals surface area contributed by atoms with Gasteiger partial charge in [-0.1, -0.05) is 55.8 Å². The number of thiocarbonyl (C=S) groups is 1. The first kappa shape index (κ1) is 26.2. The first-order valence-electron chi connectivity index (χ1n) is 11.8. The van der Waals surface area contributed by atoms with E-state index in [4.69, 9.17) is 12.2 Å². The van der Waals surface area contributed by atoms with Crippen LogP contribution in [-0.4, -0.2) is 39.2 Å². The second kappa shape index (κ2) is 11.4. The maximum Gasteiger partial charge on any atom is 0.228 e. The Bertz CT molecular complexity index is 1120. The number of rotatable bonds is 7. The van der Waals surface area contributed by atoms with Crippen LogP contribution in [0.3, 0.4) is 0 Å². The van der Waals surface area contributed by atoms with Crippen molar-refractivity contribution < 1.29 is 4.79 Å². The summed E-state index contributed by atoms with van der Waals surface area (Å²) in [5, 5.41) is 6.39. The van der Waals surface area contributed by atoms with Gasteiger partial charge in [-0.25, -0.2) is 0 Å². The van der Waals surface area contributed by atoms with Crippen LogP contribution in [0.25, 0.3) is 0 Å². The monoisotopic (exact) mass is 488 g/mol. The molecule has 5 nitrogen and oxygen atoms in total. The Morgan fingerprint density at radius 3 is 1.71 bits per heavy atom. The van der Waals surface area contributed by atoms with Crippen LogP contribution in [0.1, 0.15) is 42.0 Å². The molecule has 0 aliphatic rings. The molecule has 0 heterocycles. The molecule has 0 saturated carbocycles. The van der Waals surface area contributed by atoms with Crippen LogP contribution in [0.15, 0.2) is 66.7 Å². The van der Waals surface area contributed by atoms with Crippen LogP contribution >= 0.6 is 12.2 Å². The number of hydrogen-bond donors (Lipinski definition) is 2. The molecule has 0 spiro atoms. The second-order valence-corrected chi connectivity index (χ2v) is 10.0. The van der Waals surface area contributed by atoms with Crippen LogP contribution in [-0.2, 0) is 4.79 Å².